The highest BCUT2D eigenvalue weighted by molar-refractivity contribution is 7.47. The lowest BCUT2D eigenvalue weighted by Gasteiger charge is -2.21. The van der Waals surface area contributed by atoms with E-state index in [0.717, 1.165) is 161 Å². The van der Waals surface area contributed by atoms with Crippen LogP contribution in [-0.2, 0) is 65.4 Å². The average molecular weight is 1450 g/mol. The molecule has 17 nitrogen and oxygen atoms in total. The Morgan fingerprint density at radius 3 is 0.840 bits per heavy atom. The van der Waals surface area contributed by atoms with Crippen LogP contribution in [0.25, 0.3) is 0 Å². The van der Waals surface area contributed by atoms with Gasteiger partial charge in [0.15, 0.2) is 12.2 Å². The van der Waals surface area contributed by atoms with Crippen LogP contribution in [0.1, 0.15) is 362 Å². The Labute approximate surface area is 609 Å². The maximum Gasteiger partial charge on any atom is 0.472 e. The van der Waals surface area contributed by atoms with Gasteiger partial charge in [0.2, 0.25) is 0 Å². The first-order chi connectivity index (χ1) is 48.7. The van der Waals surface area contributed by atoms with E-state index in [-0.39, 0.29) is 25.7 Å². The first kappa shape index (κ1) is 96.5. The first-order valence-corrected chi connectivity index (χ1v) is 43.2. The summed E-state index contributed by atoms with van der Waals surface area (Å²) in [6.07, 6.45) is 74.4. The van der Waals surface area contributed by atoms with Crippen molar-refractivity contribution in [1.82, 2.24) is 0 Å². The van der Waals surface area contributed by atoms with Gasteiger partial charge in [-0.1, -0.05) is 274 Å². The Bertz CT molecular complexity index is 2180. The number of unbranched alkanes of at least 4 members (excludes halogenated alkanes) is 39. The maximum atomic E-state index is 13.1. The molecule has 0 bridgehead atoms. The van der Waals surface area contributed by atoms with Gasteiger partial charge in [-0.25, -0.2) is 9.13 Å². The van der Waals surface area contributed by atoms with Gasteiger partial charge < -0.3 is 33.8 Å². The molecular weight excluding hydrogens is 1310 g/mol. The predicted molar refractivity (Wildman–Crippen MR) is 409 cm³/mol. The Morgan fingerprint density at radius 1 is 0.290 bits per heavy atom. The minimum absolute atomic E-state index is 0.0797. The number of allylic oxidation sites excluding steroid dienone is 12. The lowest BCUT2D eigenvalue weighted by atomic mass is 10.1. The van der Waals surface area contributed by atoms with Crippen LogP contribution in [0.2, 0.25) is 0 Å². The molecule has 0 spiro atoms. The van der Waals surface area contributed by atoms with Crippen molar-refractivity contribution in [3.63, 3.8) is 0 Å². The molecule has 0 fully saturated rings. The molecule has 0 heterocycles. The van der Waals surface area contributed by atoms with Gasteiger partial charge in [0.05, 0.1) is 26.4 Å². The summed E-state index contributed by atoms with van der Waals surface area (Å²) in [6, 6.07) is 0. The predicted octanol–water partition coefficient (Wildman–Crippen LogP) is 23.2. The van der Waals surface area contributed by atoms with E-state index in [2.05, 4.69) is 101 Å². The summed E-state index contributed by atoms with van der Waals surface area (Å²) in [6.45, 7) is 4.82. The zero-order valence-corrected chi connectivity index (χ0v) is 65.4. The zero-order chi connectivity index (χ0) is 73.2. The molecule has 0 saturated heterocycles. The van der Waals surface area contributed by atoms with Crippen molar-refractivity contribution in [2.45, 2.75) is 380 Å². The molecule has 0 aliphatic rings. The normalized spacial score (nSPS) is 14.3. The minimum atomic E-state index is -4.98. The van der Waals surface area contributed by atoms with E-state index >= 15 is 0 Å². The average Bonchev–Trinajstić information content (AvgIpc) is 1.25. The van der Waals surface area contributed by atoms with Crippen LogP contribution in [0, 0.1) is 0 Å². The first-order valence-electron chi connectivity index (χ1n) is 40.2. The molecule has 100 heavy (non-hydrogen) atoms. The van der Waals surface area contributed by atoms with E-state index < -0.39 is 97.5 Å². The molecule has 0 amide bonds. The molecule has 0 aromatic heterocycles. The molecule has 0 aliphatic carbocycles. The molecule has 582 valence electrons. The second-order valence-corrected chi connectivity index (χ2v) is 29.9. The topological polar surface area (TPSA) is 237 Å². The van der Waals surface area contributed by atoms with Crippen molar-refractivity contribution < 1.29 is 80.2 Å². The summed E-state index contributed by atoms with van der Waals surface area (Å²) >= 11 is 0. The second-order valence-electron chi connectivity index (χ2n) is 27.0. The van der Waals surface area contributed by atoms with Crippen LogP contribution in [0.4, 0.5) is 0 Å². The standard InChI is InChI=1S/C81H146O17P2/c1-5-9-13-17-21-25-29-33-37-41-45-49-53-57-61-65-78(83)91-71-76(97-80(85)67-63-59-55-51-47-43-39-35-31-27-23-19-15-11-7-3)73-95-99(87,88)93-69-75(82)70-94-100(89,90)96-74-77(98-81(86)68-64-60-56-52-48-44-40-36-32-28-24-20-16-12-8-4)72-92-79(84)66-62-58-54-50-46-42-38-34-30-26-22-18-14-10-6-2/h23,26-27,30,33-40,75-77,82H,5-22,24-25,28-29,31-32,41-74H2,1-4H3,(H,87,88)(H,89,90)/b27-23-,30-26-,37-33-,38-34-,39-35-,40-36-/t75-,76+,77+/m0/s1. The van der Waals surface area contributed by atoms with E-state index in [1.54, 1.807) is 0 Å². The molecule has 2 unspecified atom stereocenters. The highest BCUT2D eigenvalue weighted by atomic mass is 31.2. The van der Waals surface area contributed by atoms with Crippen LogP contribution in [0.5, 0.6) is 0 Å². The number of ether oxygens (including phenoxy) is 4. The van der Waals surface area contributed by atoms with Crippen molar-refractivity contribution in [2.24, 2.45) is 0 Å². The monoisotopic (exact) mass is 1450 g/mol. The molecular formula is C81H146O17P2. The second kappa shape index (κ2) is 73.8. The summed E-state index contributed by atoms with van der Waals surface area (Å²) in [4.78, 5) is 73.0. The van der Waals surface area contributed by atoms with Gasteiger partial charge in [0.1, 0.15) is 19.3 Å². The largest absolute Gasteiger partial charge is 0.472 e. The van der Waals surface area contributed by atoms with Crippen LogP contribution in [0.15, 0.2) is 72.9 Å². The number of hydrogen-bond donors (Lipinski definition) is 3. The van der Waals surface area contributed by atoms with Crippen molar-refractivity contribution in [2.75, 3.05) is 39.6 Å². The van der Waals surface area contributed by atoms with Crippen molar-refractivity contribution in [3.8, 4) is 0 Å². The lowest BCUT2D eigenvalue weighted by molar-refractivity contribution is -0.161. The van der Waals surface area contributed by atoms with Gasteiger partial charge in [-0.15, -0.1) is 0 Å². The van der Waals surface area contributed by atoms with Gasteiger partial charge in [-0.3, -0.25) is 37.3 Å². The summed E-state index contributed by atoms with van der Waals surface area (Å²) in [5.41, 5.74) is 0. The molecule has 0 rings (SSSR count). The highest BCUT2D eigenvalue weighted by Gasteiger charge is 2.30. The van der Waals surface area contributed by atoms with Gasteiger partial charge in [-0.05, 0) is 135 Å². The smallest absolute Gasteiger partial charge is 0.462 e. The zero-order valence-electron chi connectivity index (χ0n) is 63.6. The molecule has 19 heteroatoms. The number of carbonyl (C=O) groups excluding carboxylic acids is 4. The molecule has 0 aliphatic heterocycles. The van der Waals surface area contributed by atoms with E-state index in [0.29, 0.717) is 25.7 Å². The van der Waals surface area contributed by atoms with E-state index in [1.165, 1.54) is 122 Å². The van der Waals surface area contributed by atoms with Crippen LogP contribution in [0.3, 0.4) is 0 Å². The molecule has 3 N–H and O–H groups in total. The summed E-state index contributed by atoms with van der Waals surface area (Å²) in [5, 5.41) is 10.6. The molecule has 5 atom stereocenters. The fourth-order valence-electron chi connectivity index (χ4n) is 10.9. The van der Waals surface area contributed by atoms with Crippen molar-refractivity contribution >= 4 is 39.5 Å². The van der Waals surface area contributed by atoms with Crippen molar-refractivity contribution in [1.29, 1.82) is 0 Å². The van der Waals surface area contributed by atoms with Gasteiger partial charge >= 0.3 is 39.5 Å². The molecule has 0 saturated carbocycles. The molecule has 0 radical (unpaired) electrons. The van der Waals surface area contributed by atoms with E-state index in [9.17, 15) is 43.2 Å². The number of aliphatic hydroxyl groups excluding tert-OH is 1. The van der Waals surface area contributed by atoms with Crippen LogP contribution in [-0.4, -0.2) is 96.7 Å². The quantitative estimate of drug-likeness (QED) is 0.0128. The number of phosphoric ester groups is 2. The van der Waals surface area contributed by atoms with Gasteiger partial charge in [0.25, 0.3) is 0 Å². The minimum Gasteiger partial charge on any atom is -0.462 e. The van der Waals surface area contributed by atoms with Crippen LogP contribution >= 0.6 is 15.6 Å². The third kappa shape index (κ3) is 72.8. The van der Waals surface area contributed by atoms with E-state index in [4.69, 9.17) is 37.0 Å². The summed E-state index contributed by atoms with van der Waals surface area (Å²) in [5.74, 6) is -2.20. The fourth-order valence-corrected chi connectivity index (χ4v) is 12.5. The number of esters is 4. The fraction of sp³-hybridized carbons (Fsp3) is 0.802. The SMILES string of the molecule is CCCCC/C=C\C/C=C\CCCCCCCC(=O)O[C@H](COC(=O)CCCCCCC/C=C\CCCCCCCC)COP(=O)(O)OC[C@H](O)COP(=O)(O)OC[C@@H](COC(=O)CCCCCCC/C=C\C=C/CCCCCC)OC(=O)CCCCCCC/C=C\CCCCCCCC. The Hall–Kier alpha value is -3.50. The third-order valence-corrected chi connectivity index (χ3v) is 19.0. The Balaban J connectivity index is 5.37. The van der Waals surface area contributed by atoms with Gasteiger partial charge in [-0.2, -0.15) is 0 Å². The molecule has 0 aromatic carbocycles. The van der Waals surface area contributed by atoms with Crippen molar-refractivity contribution in [3.05, 3.63) is 72.9 Å². The third-order valence-electron chi connectivity index (χ3n) is 17.1. The maximum absolute atomic E-state index is 13.1. The van der Waals surface area contributed by atoms with Gasteiger partial charge in [0, 0.05) is 25.7 Å². The number of rotatable bonds is 76. The number of aliphatic hydroxyl groups is 1. The van der Waals surface area contributed by atoms with Crippen LogP contribution < -0.4 is 0 Å². The Morgan fingerprint density at radius 2 is 0.520 bits per heavy atom. The number of phosphoric acid groups is 2. The summed E-state index contributed by atoms with van der Waals surface area (Å²) < 4.78 is 68.6. The number of carbonyl (C=O) groups is 4. The van der Waals surface area contributed by atoms with E-state index in [1.807, 2.05) is 0 Å². The molecule has 0 aromatic rings. The number of hydrogen-bond acceptors (Lipinski definition) is 15. The highest BCUT2D eigenvalue weighted by Crippen LogP contribution is 2.45. The Kier molecular flexibility index (Phi) is 71.2. The lowest BCUT2D eigenvalue weighted by Crippen LogP contribution is -2.30. The summed E-state index contributed by atoms with van der Waals surface area (Å²) in [7, 11) is -9.96.